The van der Waals surface area contributed by atoms with Crippen LogP contribution in [0.2, 0.25) is 0 Å². The standard InChI is InChI=1S/C21H20BrFN2O4/c1-3-28-18-11-13(9-15(22)19(18)29-4-2)10-17-20(26)25(21(27)24-17)12-14-7-5-6-8-16(14)23/h5-11H,3-4,12H2,1-2H3,(H,24,27)/b17-10+. The number of urea groups is 1. The number of amides is 3. The van der Waals surface area contributed by atoms with Gasteiger partial charge in [-0.2, -0.15) is 0 Å². The molecule has 0 saturated carbocycles. The highest BCUT2D eigenvalue weighted by Crippen LogP contribution is 2.37. The second-order valence-electron chi connectivity index (χ2n) is 6.17. The van der Waals surface area contributed by atoms with Gasteiger partial charge in [0, 0.05) is 5.56 Å². The molecule has 1 N–H and O–H groups in total. The average Bonchev–Trinajstić information content (AvgIpc) is 2.94. The van der Waals surface area contributed by atoms with Crippen LogP contribution in [0.1, 0.15) is 25.0 Å². The van der Waals surface area contributed by atoms with Crippen LogP contribution in [0.4, 0.5) is 9.18 Å². The average molecular weight is 463 g/mol. The molecule has 0 bridgehead atoms. The van der Waals surface area contributed by atoms with Crippen molar-refractivity contribution in [1.29, 1.82) is 0 Å². The van der Waals surface area contributed by atoms with Gasteiger partial charge < -0.3 is 14.8 Å². The van der Waals surface area contributed by atoms with Gasteiger partial charge in [0.25, 0.3) is 5.91 Å². The van der Waals surface area contributed by atoms with Crippen molar-refractivity contribution >= 4 is 33.9 Å². The first-order valence-electron chi connectivity index (χ1n) is 9.11. The number of hydrogen-bond donors (Lipinski definition) is 1. The molecule has 0 unspecified atom stereocenters. The van der Waals surface area contributed by atoms with Gasteiger partial charge in [-0.15, -0.1) is 0 Å². The summed E-state index contributed by atoms with van der Waals surface area (Å²) in [5.41, 5.74) is 1.00. The summed E-state index contributed by atoms with van der Waals surface area (Å²) in [4.78, 5) is 25.9. The van der Waals surface area contributed by atoms with Crippen molar-refractivity contribution in [2.24, 2.45) is 0 Å². The maximum atomic E-state index is 13.9. The largest absolute Gasteiger partial charge is 0.490 e. The molecule has 0 atom stereocenters. The van der Waals surface area contributed by atoms with Crippen molar-refractivity contribution in [3.8, 4) is 11.5 Å². The topological polar surface area (TPSA) is 67.9 Å². The lowest BCUT2D eigenvalue weighted by molar-refractivity contribution is -0.123. The Morgan fingerprint density at radius 3 is 2.55 bits per heavy atom. The molecule has 0 spiro atoms. The summed E-state index contributed by atoms with van der Waals surface area (Å²) < 4.78 is 25.8. The molecule has 1 aliphatic heterocycles. The van der Waals surface area contributed by atoms with Crippen molar-refractivity contribution in [1.82, 2.24) is 10.2 Å². The minimum atomic E-state index is -0.598. The first kappa shape index (κ1) is 20.9. The van der Waals surface area contributed by atoms with Gasteiger partial charge in [-0.3, -0.25) is 9.69 Å². The molecule has 3 rings (SSSR count). The highest BCUT2D eigenvalue weighted by Gasteiger charge is 2.34. The normalized spacial score (nSPS) is 15.0. The van der Waals surface area contributed by atoms with E-state index in [0.717, 1.165) is 4.90 Å². The Morgan fingerprint density at radius 1 is 1.14 bits per heavy atom. The summed E-state index contributed by atoms with van der Waals surface area (Å²) in [5, 5.41) is 2.54. The Morgan fingerprint density at radius 2 is 1.86 bits per heavy atom. The van der Waals surface area contributed by atoms with E-state index >= 15 is 0 Å². The maximum Gasteiger partial charge on any atom is 0.329 e. The number of benzene rings is 2. The first-order valence-corrected chi connectivity index (χ1v) is 9.91. The van der Waals surface area contributed by atoms with E-state index in [9.17, 15) is 14.0 Å². The third-order valence-electron chi connectivity index (χ3n) is 4.18. The van der Waals surface area contributed by atoms with Gasteiger partial charge in [0.15, 0.2) is 11.5 Å². The zero-order chi connectivity index (χ0) is 21.0. The quantitative estimate of drug-likeness (QED) is 0.486. The van der Waals surface area contributed by atoms with Crippen LogP contribution in [0.5, 0.6) is 11.5 Å². The molecule has 0 aliphatic carbocycles. The molecule has 2 aromatic carbocycles. The monoisotopic (exact) mass is 462 g/mol. The highest BCUT2D eigenvalue weighted by molar-refractivity contribution is 9.10. The molecule has 0 aromatic heterocycles. The predicted octanol–water partition coefficient (Wildman–Crippen LogP) is 4.48. The van der Waals surface area contributed by atoms with Crippen LogP contribution < -0.4 is 14.8 Å². The molecule has 1 fully saturated rings. The van der Waals surface area contributed by atoms with Crippen molar-refractivity contribution in [3.05, 3.63) is 63.5 Å². The zero-order valence-corrected chi connectivity index (χ0v) is 17.6. The molecule has 0 radical (unpaired) electrons. The second-order valence-corrected chi connectivity index (χ2v) is 7.02. The van der Waals surface area contributed by atoms with Crippen molar-refractivity contribution < 1.29 is 23.5 Å². The molecule has 3 amide bonds. The fourth-order valence-corrected chi connectivity index (χ4v) is 3.47. The molecule has 1 saturated heterocycles. The number of nitrogens with one attached hydrogen (secondary N) is 1. The van der Waals surface area contributed by atoms with Gasteiger partial charge in [0.2, 0.25) is 0 Å². The third kappa shape index (κ3) is 4.59. The highest BCUT2D eigenvalue weighted by atomic mass is 79.9. The van der Waals surface area contributed by atoms with E-state index in [4.69, 9.17) is 9.47 Å². The van der Waals surface area contributed by atoms with E-state index in [2.05, 4.69) is 21.2 Å². The molecular weight excluding hydrogens is 443 g/mol. The van der Waals surface area contributed by atoms with Crippen LogP contribution in [0.25, 0.3) is 6.08 Å². The Kier molecular flexibility index (Phi) is 6.53. The van der Waals surface area contributed by atoms with Crippen molar-refractivity contribution in [2.75, 3.05) is 13.2 Å². The van der Waals surface area contributed by atoms with Crippen LogP contribution >= 0.6 is 15.9 Å². The van der Waals surface area contributed by atoms with Crippen LogP contribution in [0, 0.1) is 5.82 Å². The lowest BCUT2D eigenvalue weighted by atomic mass is 10.1. The van der Waals surface area contributed by atoms with E-state index in [1.807, 2.05) is 13.8 Å². The number of nitrogens with zero attached hydrogens (tertiary/aromatic N) is 1. The van der Waals surface area contributed by atoms with Crippen molar-refractivity contribution in [3.63, 3.8) is 0 Å². The van der Waals surface area contributed by atoms with Gasteiger partial charge in [-0.1, -0.05) is 18.2 Å². The maximum absolute atomic E-state index is 13.9. The lowest BCUT2D eigenvalue weighted by Gasteiger charge is -2.14. The summed E-state index contributed by atoms with van der Waals surface area (Å²) >= 11 is 3.45. The van der Waals surface area contributed by atoms with Gasteiger partial charge in [-0.05, 0) is 59.6 Å². The molecule has 152 valence electrons. The summed E-state index contributed by atoms with van der Waals surface area (Å²) in [7, 11) is 0. The number of ether oxygens (including phenoxy) is 2. The molecular formula is C21H20BrFN2O4. The van der Waals surface area contributed by atoms with E-state index < -0.39 is 17.8 Å². The molecule has 1 aliphatic rings. The molecule has 2 aromatic rings. The first-order chi connectivity index (χ1) is 13.9. The minimum absolute atomic E-state index is 0.102. The minimum Gasteiger partial charge on any atom is -0.490 e. The van der Waals surface area contributed by atoms with E-state index in [-0.39, 0.29) is 17.8 Å². The van der Waals surface area contributed by atoms with Crippen LogP contribution in [-0.4, -0.2) is 30.1 Å². The predicted molar refractivity (Wildman–Crippen MR) is 110 cm³/mol. The Hall–Kier alpha value is -2.87. The van der Waals surface area contributed by atoms with Gasteiger partial charge >= 0.3 is 6.03 Å². The fraction of sp³-hybridized carbons (Fsp3) is 0.238. The Balaban J connectivity index is 1.88. The zero-order valence-electron chi connectivity index (χ0n) is 16.0. The van der Waals surface area contributed by atoms with E-state index in [1.54, 1.807) is 30.3 Å². The number of hydrogen-bond acceptors (Lipinski definition) is 4. The van der Waals surface area contributed by atoms with Crippen molar-refractivity contribution in [2.45, 2.75) is 20.4 Å². The van der Waals surface area contributed by atoms with Crippen LogP contribution in [0.15, 0.2) is 46.6 Å². The summed E-state index contributed by atoms with van der Waals surface area (Å²) in [5.74, 6) is 0.0959. The van der Waals surface area contributed by atoms with Gasteiger partial charge in [0.1, 0.15) is 11.5 Å². The SMILES string of the molecule is CCOc1cc(/C=C2/NC(=O)N(Cc3ccccc3F)C2=O)cc(Br)c1OCC. The van der Waals surface area contributed by atoms with Crippen LogP contribution in [-0.2, 0) is 11.3 Å². The number of imide groups is 1. The van der Waals surface area contributed by atoms with E-state index in [1.165, 1.54) is 12.1 Å². The fourth-order valence-electron chi connectivity index (χ4n) is 2.90. The number of carbonyl (C=O) groups excluding carboxylic acids is 2. The molecule has 6 nitrogen and oxygen atoms in total. The number of carbonyl (C=O) groups is 2. The summed E-state index contributed by atoms with van der Waals surface area (Å²) in [6, 6.07) is 8.92. The third-order valence-corrected chi connectivity index (χ3v) is 4.77. The summed E-state index contributed by atoms with van der Waals surface area (Å²) in [6.07, 6.45) is 1.55. The number of rotatable bonds is 7. The lowest BCUT2D eigenvalue weighted by Crippen LogP contribution is -2.30. The van der Waals surface area contributed by atoms with Gasteiger partial charge in [-0.25, -0.2) is 9.18 Å². The Labute approximate surface area is 176 Å². The van der Waals surface area contributed by atoms with E-state index in [0.29, 0.717) is 34.7 Å². The molecule has 29 heavy (non-hydrogen) atoms. The van der Waals surface area contributed by atoms with Gasteiger partial charge in [0.05, 0.1) is 24.2 Å². The van der Waals surface area contributed by atoms with Crippen LogP contribution in [0.3, 0.4) is 0 Å². The molecule has 1 heterocycles. The Bertz CT molecular complexity index is 977. The number of halogens is 2. The smallest absolute Gasteiger partial charge is 0.329 e. The molecule has 8 heteroatoms. The summed E-state index contributed by atoms with van der Waals surface area (Å²) in [6.45, 7) is 4.49. The second kappa shape index (κ2) is 9.09.